The van der Waals surface area contributed by atoms with Crippen molar-refractivity contribution in [2.45, 2.75) is 25.1 Å². The van der Waals surface area contributed by atoms with Crippen molar-refractivity contribution in [2.75, 3.05) is 13.1 Å². The second kappa shape index (κ2) is 7.38. The molecule has 1 unspecified atom stereocenters. The average Bonchev–Trinajstić information content (AvgIpc) is 3.16. The Morgan fingerprint density at radius 2 is 2.11 bits per heavy atom. The van der Waals surface area contributed by atoms with Gasteiger partial charge in [-0.1, -0.05) is 24.3 Å². The van der Waals surface area contributed by atoms with E-state index in [0.717, 1.165) is 11.1 Å². The zero-order chi connectivity index (χ0) is 19.6. The molecule has 0 spiro atoms. The summed E-state index contributed by atoms with van der Waals surface area (Å²) in [6.45, 7) is 0.295. The molecule has 2 amide bonds. The van der Waals surface area contributed by atoms with Crippen LogP contribution in [0, 0.1) is 0 Å². The van der Waals surface area contributed by atoms with Crippen LogP contribution in [0.4, 0.5) is 4.39 Å². The molecule has 1 saturated heterocycles. The van der Waals surface area contributed by atoms with Gasteiger partial charge in [0.25, 0.3) is 11.8 Å². The number of alkyl halides is 1. The van der Waals surface area contributed by atoms with Crippen LogP contribution >= 0.6 is 0 Å². The molecule has 1 aliphatic rings. The van der Waals surface area contributed by atoms with E-state index < -0.39 is 11.6 Å². The number of carbonyl (C=O) groups is 2. The summed E-state index contributed by atoms with van der Waals surface area (Å²) in [4.78, 5) is 30.7. The van der Waals surface area contributed by atoms with E-state index in [1.54, 1.807) is 30.6 Å². The van der Waals surface area contributed by atoms with Crippen molar-refractivity contribution >= 4 is 22.7 Å². The Bertz CT molecular complexity index is 1010. The number of aromatic amines is 1. The van der Waals surface area contributed by atoms with Crippen LogP contribution in [-0.4, -0.2) is 50.7 Å². The molecule has 28 heavy (non-hydrogen) atoms. The summed E-state index contributed by atoms with van der Waals surface area (Å²) in [6.07, 6.45) is 3.73. The Kier molecular flexibility index (Phi) is 4.77. The van der Waals surface area contributed by atoms with Gasteiger partial charge < -0.3 is 10.2 Å². The number of para-hydroxylation sites is 1. The van der Waals surface area contributed by atoms with Crippen molar-refractivity contribution in [1.82, 2.24) is 25.4 Å². The predicted molar refractivity (Wildman–Crippen MR) is 101 cm³/mol. The maximum absolute atomic E-state index is 15.4. The van der Waals surface area contributed by atoms with E-state index in [4.69, 9.17) is 0 Å². The van der Waals surface area contributed by atoms with E-state index in [-0.39, 0.29) is 31.1 Å². The van der Waals surface area contributed by atoms with Crippen LogP contribution < -0.4 is 5.32 Å². The smallest absolute Gasteiger partial charge is 0.275 e. The SMILES string of the molecule is O=C(c1n[nH]c2ccccc12)N1CCCC(F)(C(=O)NCc2cccnc2)C1. The number of carbonyl (C=O) groups excluding carboxylic acids is 2. The van der Waals surface area contributed by atoms with Crippen LogP contribution in [0.1, 0.15) is 28.9 Å². The van der Waals surface area contributed by atoms with Gasteiger partial charge >= 0.3 is 0 Å². The lowest BCUT2D eigenvalue weighted by molar-refractivity contribution is -0.136. The Morgan fingerprint density at radius 1 is 1.25 bits per heavy atom. The summed E-state index contributed by atoms with van der Waals surface area (Å²) < 4.78 is 15.4. The monoisotopic (exact) mass is 381 g/mol. The molecular weight excluding hydrogens is 361 g/mol. The first-order chi connectivity index (χ1) is 13.6. The average molecular weight is 381 g/mol. The highest BCUT2D eigenvalue weighted by molar-refractivity contribution is 6.05. The van der Waals surface area contributed by atoms with Crippen LogP contribution in [0.5, 0.6) is 0 Å². The van der Waals surface area contributed by atoms with Crippen molar-refractivity contribution < 1.29 is 14.0 Å². The number of fused-ring (bicyclic) bond motifs is 1. The Hall–Kier alpha value is -3.29. The third-order valence-corrected chi connectivity index (χ3v) is 4.99. The highest BCUT2D eigenvalue weighted by Crippen LogP contribution is 2.28. The molecule has 7 nitrogen and oxygen atoms in total. The number of H-pyrrole nitrogens is 1. The summed E-state index contributed by atoms with van der Waals surface area (Å²) in [5.41, 5.74) is -0.354. The Balaban J connectivity index is 1.47. The number of hydrogen-bond acceptors (Lipinski definition) is 4. The van der Waals surface area contributed by atoms with Gasteiger partial charge in [-0.3, -0.25) is 19.7 Å². The van der Waals surface area contributed by atoms with E-state index in [9.17, 15) is 9.59 Å². The van der Waals surface area contributed by atoms with E-state index in [0.29, 0.717) is 18.4 Å². The summed E-state index contributed by atoms with van der Waals surface area (Å²) in [6, 6.07) is 10.8. The van der Waals surface area contributed by atoms with Gasteiger partial charge in [-0.2, -0.15) is 5.10 Å². The fraction of sp³-hybridized carbons (Fsp3) is 0.300. The molecule has 1 fully saturated rings. The Labute approximate surface area is 160 Å². The molecule has 0 radical (unpaired) electrons. The number of nitrogens with zero attached hydrogens (tertiary/aromatic N) is 3. The highest BCUT2D eigenvalue weighted by Gasteiger charge is 2.44. The lowest BCUT2D eigenvalue weighted by Crippen LogP contribution is -2.55. The molecule has 0 aliphatic carbocycles. The molecule has 1 atom stereocenters. The fourth-order valence-corrected chi connectivity index (χ4v) is 3.49. The third-order valence-electron chi connectivity index (χ3n) is 4.99. The Morgan fingerprint density at radius 3 is 2.93 bits per heavy atom. The second-order valence-corrected chi connectivity index (χ2v) is 6.96. The molecule has 3 aromatic rings. The van der Waals surface area contributed by atoms with Gasteiger partial charge in [0, 0.05) is 30.9 Å². The number of nitrogens with one attached hydrogen (secondary N) is 2. The third kappa shape index (κ3) is 3.45. The normalized spacial score (nSPS) is 19.5. The molecular formula is C20H20FN5O2. The van der Waals surface area contributed by atoms with Crippen molar-refractivity contribution in [2.24, 2.45) is 0 Å². The first-order valence-corrected chi connectivity index (χ1v) is 9.15. The molecule has 8 heteroatoms. The lowest BCUT2D eigenvalue weighted by Gasteiger charge is -2.36. The van der Waals surface area contributed by atoms with Crippen molar-refractivity contribution in [3.8, 4) is 0 Å². The van der Waals surface area contributed by atoms with Crippen molar-refractivity contribution in [3.05, 3.63) is 60.0 Å². The number of pyridine rings is 1. The van der Waals surface area contributed by atoms with Crippen LogP contribution in [-0.2, 0) is 11.3 Å². The van der Waals surface area contributed by atoms with E-state index in [1.165, 1.54) is 4.90 Å². The number of rotatable bonds is 4. The summed E-state index contributed by atoms with van der Waals surface area (Å²) >= 11 is 0. The number of piperidine rings is 1. The molecule has 4 rings (SSSR count). The number of likely N-dealkylation sites (tertiary alicyclic amines) is 1. The quantitative estimate of drug-likeness (QED) is 0.725. The predicted octanol–water partition coefficient (Wildman–Crippen LogP) is 2.22. The van der Waals surface area contributed by atoms with Gasteiger partial charge in [0.15, 0.2) is 5.69 Å². The molecule has 2 N–H and O–H groups in total. The number of hydrogen-bond donors (Lipinski definition) is 2. The minimum absolute atomic E-state index is 0.0803. The molecule has 1 aliphatic heterocycles. The van der Waals surface area contributed by atoms with Crippen LogP contribution in [0.15, 0.2) is 48.8 Å². The molecule has 0 bridgehead atoms. The maximum Gasteiger partial charge on any atom is 0.275 e. The van der Waals surface area contributed by atoms with Gasteiger partial charge in [-0.05, 0) is 30.5 Å². The van der Waals surface area contributed by atoms with Gasteiger partial charge in [-0.25, -0.2) is 4.39 Å². The summed E-state index contributed by atoms with van der Waals surface area (Å²) in [5, 5.41) is 10.2. The molecule has 2 aromatic heterocycles. The number of amides is 2. The van der Waals surface area contributed by atoms with Gasteiger partial charge in [0.2, 0.25) is 5.67 Å². The van der Waals surface area contributed by atoms with Gasteiger partial charge in [0.05, 0.1) is 12.1 Å². The topological polar surface area (TPSA) is 91.0 Å². The minimum Gasteiger partial charge on any atom is -0.349 e. The largest absolute Gasteiger partial charge is 0.349 e. The van der Waals surface area contributed by atoms with E-state index >= 15 is 4.39 Å². The van der Waals surface area contributed by atoms with Crippen molar-refractivity contribution in [3.63, 3.8) is 0 Å². The fourth-order valence-electron chi connectivity index (χ4n) is 3.49. The van der Waals surface area contributed by atoms with Crippen LogP contribution in [0.3, 0.4) is 0 Å². The first kappa shape index (κ1) is 18.1. The van der Waals surface area contributed by atoms with Gasteiger partial charge in [-0.15, -0.1) is 0 Å². The molecule has 1 aromatic carbocycles. The number of aromatic nitrogens is 3. The van der Waals surface area contributed by atoms with E-state index in [2.05, 4.69) is 20.5 Å². The van der Waals surface area contributed by atoms with Crippen LogP contribution in [0.2, 0.25) is 0 Å². The maximum atomic E-state index is 15.4. The second-order valence-electron chi connectivity index (χ2n) is 6.96. The minimum atomic E-state index is -2.12. The first-order valence-electron chi connectivity index (χ1n) is 9.15. The lowest BCUT2D eigenvalue weighted by atomic mass is 9.93. The zero-order valence-corrected chi connectivity index (χ0v) is 15.2. The summed E-state index contributed by atoms with van der Waals surface area (Å²) in [7, 11) is 0. The standard InChI is InChI=1S/C20H20FN5O2/c21-20(19(28)23-12-14-5-3-9-22-11-14)8-4-10-26(13-20)18(27)17-15-6-1-2-7-16(15)24-25-17/h1-3,5-7,9,11H,4,8,10,12-13H2,(H,23,28)(H,24,25). The van der Waals surface area contributed by atoms with Crippen molar-refractivity contribution in [1.29, 1.82) is 0 Å². The number of halogens is 1. The molecule has 0 saturated carbocycles. The molecule has 144 valence electrons. The van der Waals surface area contributed by atoms with Crippen LogP contribution in [0.25, 0.3) is 10.9 Å². The molecule has 3 heterocycles. The highest BCUT2D eigenvalue weighted by atomic mass is 19.1. The van der Waals surface area contributed by atoms with E-state index in [1.807, 2.05) is 18.2 Å². The zero-order valence-electron chi connectivity index (χ0n) is 15.2. The summed E-state index contributed by atoms with van der Waals surface area (Å²) in [5.74, 6) is -1.08. The van der Waals surface area contributed by atoms with Gasteiger partial charge in [0.1, 0.15) is 0 Å². The number of benzene rings is 1.